The van der Waals surface area contributed by atoms with Gasteiger partial charge in [-0.15, -0.1) is 0 Å². The topological polar surface area (TPSA) is 3.24 Å². The van der Waals surface area contributed by atoms with E-state index < -0.39 is 0 Å². The molecule has 0 atom stereocenters. The summed E-state index contributed by atoms with van der Waals surface area (Å²) in [5.41, 5.74) is 1.06. The van der Waals surface area contributed by atoms with Crippen molar-refractivity contribution in [2.75, 3.05) is 11.9 Å². The Morgan fingerprint density at radius 1 is 1.41 bits per heavy atom. The molecule has 0 spiro atoms. The van der Waals surface area contributed by atoms with Crippen molar-refractivity contribution >= 4 is 27.5 Å². The molecule has 17 heavy (non-hydrogen) atoms. The Labute approximate surface area is 116 Å². The first-order chi connectivity index (χ1) is 8.04. The maximum atomic E-state index is 13.0. The summed E-state index contributed by atoms with van der Waals surface area (Å²) in [7, 11) is 0. The van der Waals surface area contributed by atoms with Crippen LogP contribution in [-0.4, -0.2) is 22.8 Å². The lowest BCUT2D eigenvalue weighted by atomic mass is 10.2. The molecule has 0 N–H and O–H groups in total. The fourth-order valence-electron chi connectivity index (χ4n) is 1.66. The van der Waals surface area contributed by atoms with E-state index in [0.29, 0.717) is 6.04 Å². The van der Waals surface area contributed by atoms with Gasteiger partial charge in [0.15, 0.2) is 0 Å². The average Bonchev–Trinajstić information content (AvgIpc) is 2.28. The quantitative estimate of drug-likeness (QED) is 0.698. The van der Waals surface area contributed by atoms with E-state index in [9.17, 15) is 4.39 Å². The van der Waals surface area contributed by atoms with E-state index >= 15 is 0 Å². The van der Waals surface area contributed by atoms with Gasteiger partial charge in [-0.1, -0.05) is 33.6 Å². The lowest BCUT2D eigenvalue weighted by Gasteiger charge is -2.26. The smallest absolute Gasteiger partial charge is 0.141 e. The number of alkyl halides is 1. The highest BCUT2D eigenvalue weighted by Gasteiger charge is 2.10. The number of halogens is 3. The summed E-state index contributed by atoms with van der Waals surface area (Å²) >= 11 is 9.22. The summed E-state index contributed by atoms with van der Waals surface area (Å²) in [6.45, 7) is 6.17. The fraction of sp³-hybridized carbons (Fsp3) is 0.538. The molecule has 0 aliphatic heterocycles. The van der Waals surface area contributed by atoms with Crippen LogP contribution in [0.5, 0.6) is 0 Å². The van der Waals surface area contributed by atoms with Crippen LogP contribution in [-0.2, 0) is 6.54 Å². The maximum Gasteiger partial charge on any atom is 0.141 e. The molecule has 1 rings (SSSR count). The first-order valence-corrected chi connectivity index (χ1v) is 7.28. The molecule has 0 heterocycles. The molecule has 0 aliphatic carbocycles. The van der Waals surface area contributed by atoms with Gasteiger partial charge in [-0.2, -0.15) is 0 Å². The number of nitrogens with zero attached hydrogens (tertiary/aromatic N) is 1. The molecule has 0 bridgehead atoms. The standard InChI is InChI=1S/C13H18BrClFN/c1-10(2)17(7-3-6-14)9-11-4-5-13(16)12(15)8-11/h4-5,8,10H,3,6-7,9H2,1-2H3. The Hall–Kier alpha value is -0.120. The van der Waals surface area contributed by atoms with E-state index in [4.69, 9.17) is 11.6 Å². The zero-order valence-corrected chi connectivity index (χ0v) is 12.6. The maximum absolute atomic E-state index is 13.0. The highest BCUT2D eigenvalue weighted by Crippen LogP contribution is 2.18. The van der Waals surface area contributed by atoms with Crippen LogP contribution >= 0.6 is 27.5 Å². The lowest BCUT2D eigenvalue weighted by molar-refractivity contribution is 0.214. The molecule has 0 aliphatic rings. The second-order valence-corrected chi connectivity index (χ2v) is 5.56. The predicted molar refractivity (Wildman–Crippen MR) is 75.4 cm³/mol. The van der Waals surface area contributed by atoms with Crippen molar-refractivity contribution in [2.45, 2.75) is 32.9 Å². The van der Waals surface area contributed by atoms with E-state index in [1.807, 2.05) is 0 Å². The van der Waals surface area contributed by atoms with E-state index in [1.54, 1.807) is 12.1 Å². The Morgan fingerprint density at radius 3 is 2.65 bits per heavy atom. The molecule has 0 saturated carbocycles. The zero-order valence-electron chi connectivity index (χ0n) is 10.2. The molecule has 4 heteroatoms. The summed E-state index contributed by atoms with van der Waals surface area (Å²) in [4.78, 5) is 2.35. The van der Waals surface area contributed by atoms with Crippen LogP contribution in [0.15, 0.2) is 18.2 Å². The highest BCUT2D eigenvalue weighted by molar-refractivity contribution is 9.09. The summed E-state index contributed by atoms with van der Waals surface area (Å²) in [5, 5.41) is 1.20. The molecule has 1 aromatic rings. The number of rotatable bonds is 6. The van der Waals surface area contributed by atoms with Gasteiger partial charge in [-0.05, 0) is 44.5 Å². The van der Waals surface area contributed by atoms with Crippen molar-refractivity contribution in [2.24, 2.45) is 0 Å². The minimum Gasteiger partial charge on any atom is -0.297 e. The molecule has 0 radical (unpaired) electrons. The van der Waals surface area contributed by atoms with Crippen LogP contribution < -0.4 is 0 Å². The van der Waals surface area contributed by atoms with Gasteiger partial charge in [0.05, 0.1) is 5.02 Å². The van der Waals surface area contributed by atoms with Gasteiger partial charge in [0.25, 0.3) is 0 Å². The van der Waals surface area contributed by atoms with Gasteiger partial charge in [-0.3, -0.25) is 4.90 Å². The first kappa shape index (κ1) is 14.9. The van der Waals surface area contributed by atoms with Gasteiger partial charge >= 0.3 is 0 Å². The SMILES string of the molecule is CC(C)N(CCCBr)Cc1ccc(F)c(Cl)c1. The average molecular weight is 323 g/mol. The second kappa shape index (κ2) is 7.34. The van der Waals surface area contributed by atoms with Crippen LogP contribution in [0.4, 0.5) is 4.39 Å². The van der Waals surface area contributed by atoms with Crippen LogP contribution in [0.2, 0.25) is 5.02 Å². The molecular formula is C13H18BrClFN. The summed E-state index contributed by atoms with van der Waals surface area (Å²) < 4.78 is 13.0. The van der Waals surface area contributed by atoms with E-state index in [0.717, 1.165) is 30.4 Å². The number of benzene rings is 1. The van der Waals surface area contributed by atoms with Crippen LogP contribution in [0.3, 0.4) is 0 Å². The third-order valence-corrected chi connectivity index (χ3v) is 3.53. The minimum atomic E-state index is -0.355. The van der Waals surface area contributed by atoms with Gasteiger partial charge in [0.1, 0.15) is 5.82 Å². The summed E-state index contributed by atoms with van der Waals surface area (Å²) in [6.07, 6.45) is 1.10. The number of hydrogen-bond donors (Lipinski definition) is 0. The van der Waals surface area contributed by atoms with E-state index in [2.05, 4.69) is 34.7 Å². The van der Waals surface area contributed by atoms with Crippen molar-refractivity contribution in [1.82, 2.24) is 4.90 Å². The van der Waals surface area contributed by atoms with Gasteiger partial charge in [-0.25, -0.2) is 4.39 Å². The van der Waals surface area contributed by atoms with Gasteiger partial charge in [0.2, 0.25) is 0 Å². The number of hydrogen-bond acceptors (Lipinski definition) is 1. The summed E-state index contributed by atoms with van der Waals surface area (Å²) in [6, 6.07) is 5.41. The van der Waals surface area contributed by atoms with Gasteiger partial charge < -0.3 is 0 Å². The summed E-state index contributed by atoms with van der Waals surface area (Å²) in [5.74, 6) is -0.355. The van der Waals surface area contributed by atoms with Crippen LogP contribution in [0, 0.1) is 5.82 Å². The van der Waals surface area contributed by atoms with E-state index in [1.165, 1.54) is 6.07 Å². The molecule has 0 saturated heterocycles. The Kier molecular flexibility index (Phi) is 6.45. The Bertz CT molecular complexity index is 357. The lowest BCUT2D eigenvalue weighted by Crippen LogP contribution is -2.31. The molecular weight excluding hydrogens is 305 g/mol. The molecule has 96 valence electrons. The molecule has 0 aromatic heterocycles. The van der Waals surface area contributed by atoms with Crippen molar-refractivity contribution < 1.29 is 4.39 Å². The fourth-order valence-corrected chi connectivity index (χ4v) is 2.11. The molecule has 0 amide bonds. The molecule has 0 unspecified atom stereocenters. The Balaban J connectivity index is 2.68. The third-order valence-electron chi connectivity index (χ3n) is 2.68. The molecule has 1 nitrogen and oxygen atoms in total. The predicted octanol–water partition coefficient (Wildman–Crippen LogP) is 4.47. The monoisotopic (exact) mass is 321 g/mol. The van der Waals surface area contributed by atoms with Crippen LogP contribution in [0.25, 0.3) is 0 Å². The van der Waals surface area contributed by atoms with Crippen molar-refractivity contribution in [3.63, 3.8) is 0 Å². The Morgan fingerprint density at radius 2 is 2.12 bits per heavy atom. The third kappa shape index (κ3) is 4.94. The molecule has 0 fully saturated rings. The van der Waals surface area contributed by atoms with Crippen molar-refractivity contribution in [1.29, 1.82) is 0 Å². The first-order valence-electron chi connectivity index (χ1n) is 5.78. The van der Waals surface area contributed by atoms with Crippen LogP contribution in [0.1, 0.15) is 25.8 Å². The van der Waals surface area contributed by atoms with Crippen molar-refractivity contribution in [3.05, 3.63) is 34.6 Å². The second-order valence-electron chi connectivity index (χ2n) is 4.36. The minimum absolute atomic E-state index is 0.201. The highest BCUT2D eigenvalue weighted by atomic mass is 79.9. The zero-order chi connectivity index (χ0) is 12.8. The normalized spacial score (nSPS) is 11.5. The molecule has 1 aromatic carbocycles. The largest absolute Gasteiger partial charge is 0.297 e. The van der Waals surface area contributed by atoms with E-state index in [-0.39, 0.29) is 10.8 Å². The van der Waals surface area contributed by atoms with Crippen molar-refractivity contribution in [3.8, 4) is 0 Å². The van der Waals surface area contributed by atoms with Gasteiger partial charge in [0, 0.05) is 17.9 Å².